The number of anilines is 1. The maximum atomic E-state index is 12.8. The van der Waals surface area contributed by atoms with Crippen LogP contribution in [0, 0.1) is 6.92 Å². The van der Waals surface area contributed by atoms with E-state index in [9.17, 15) is 9.59 Å². The highest BCUT2D eigenvalue weighted by molar-refractivity contribution is 7.99. The standard InChI is InChI=1S/C25H27N7O2S2/c1-16-28-30-23(36-16)27-21(33)15-35-24-31-29-20(32(24)19-8-6-5-7-9-19)14-26-22(34)17-10-12-18(13-11-17)25(2,3)4/h5-13H,14-15H2,1-4H3,(H,26,34)(H,27,30,33). The van der Waals surface area contributed by atoms with Crippen molar-refractivity contribution in [2.45, 2.75) is 44.8 Å². The number of benzene rings is 2. The summed E-state index contributed by atoms with van der Waals surface area (Å²) in [6.07, 6.45) is 0. The van der Waals surface area contributed by atoms with E-state index in [1.807, 2.05) is 66.1 Å². The highest BCUT2D eigenvalue weighted by Gasteiger charge is 2.18. The zero-order valence-electron chi connectivity index (χ0n) is 20.5. The van der Waals surface area contributed by atoms with Crippen LogP contribution in [0.5, 0.6) is 0 Å². The third-order valence-electron chi connectivity index (χ3n) is 5.24. The molecule has 0 aliphatic heterocycles. The van der Waals surface area contributed by atoms with Crippen LogP contribution in [0.1, 0.15) is 47.5 Å². The predicted octanol–water partition coefficient (Wildman–Crippen LogP) is 4.39. The summed E-state index contributed by atoms with van der Waals surface area (Å²) in [6.45, 7) is 8.41. The van der Waals surface area contributed by atoms with Crippen LogP contribution in [0.15, 0.2) is 59.8 Å². The Hall–Kier alpha value is -3.57. The largest absolute Gasteiger partial charge is 0.345 e. The Morgan fingerprint density at radius 2 is 1.69 bits per heavy atom. The zero-order valence-corrected chi connectivity index (χ0v) is 22.1. The molecule has 0 aliphatic rings. The first-order chi connectivity index (χ1) is 17.2. The molecule has 2 N–H and O–H groups in total. The van der Waals surface area contributed by atoms with E-state index in [-0.39, 0.29) is 29.5 Å². The van der Waals surface area contributed by atoms with Crippen molar-refractivity contribution in [3.63, 3.8) is 0 Å². The minimum Gasteiger partial charge on any atom is -0.345 e. The Bertz CT molecular complexity index is 1340. The van der Waals surface area contributed by atoms with Crippen LogP contribution in [0.4, 0.5) is 5.13 Å². The van der Waals surface area contributed by atoms with E-state index in [0.29, 0.717) is 21.7 Å². The average Bonchev–Trinajstić information content (AvgIpc) is 3.46. The van der Waals surface area contributed by atoms with Crippen LogP contribution in [-0.2, 0) is 16.8 Å². The summed E-state index contributed by atoms with van der Waals surface area (Å²) in [7, 11) is 0. The molecule has 4 rings (SSSR count). The smallest absolute Gasteiger partial charge is 0.251 e. The average molecular weight is 522 g/mol. The number of aromatic nitrogens is 5. The van der Waals surface area contributed by atoms with Crippen LogP contribution >= 0.6 is 23.1 Å². The number of rotatable bonds is 8. The van der Waals surface area contributed by atoms with Gasteiger partial charge in [0.2, 0.25) is 11.0 Å². The highest BCUT2D eigenvalue weighted by Crippen LogP contribution is 2.24. The molecule has 9 nitrogen and oxygen atoms in total. The van der Waals surface area contributed by atoms with Gasteiger partial charge in [-0.2, -0.15) is 0 Å². The molecule has 186 valence electrons. The number of amides is 2. The number of aryl methyl sites for hydroxylation is 1. The topological polar surface area (TPSA) is 115 Å². The minimum absolute atomic E-state index is 0.0161. The molecule has 2 aromatic carbocycles. The van der Waals surface area contributed by atoms with Crippen LogP contribution in [0.2, 0.25) is 0 Å². The van der Waals surface area contributed by atoms with Crippen LogP contribution in [0.3, 0.4) is 0 Å². The van der Waals surface area contributed by atoms with Gasteiger partial charge in [0.05, 0.1) is 12.3 Å². The van der Waals surface area contributed by atoms with Gasteiger partial charge in [-0.1, -0.05) is 74.2 Å². The molecule has 0 bridgehead atoms. The van der Waals surface area contributed by atoms with Crippen molar-refractivity contribution < 1.29 is 9.59 Å². The second-order valence-corrected chi connectivity index (χ2v) is 11.2. The Morgan fingerprint density at radius 3 is 2.33 bits per heavy atom. The fraction of sp³-hybridized carbons (Fsp3) is 0.280. The van der Waals surface area contributed by atoms with Gasteiger partial charge in [0.25, 0.3) is 5.91 Å². The first-order valence-corrected chi connectivity index (χ1v) is 13.1. The lowest BCUT2D eigenvalue weighted by Gasteiger charge is -2.19. The second-order valence-electron chi connectivity index (χ2n) is 9.04. The Labute approximate surface area is 217 Å². The van der Waals surface area contributed by atoms with Crippen molar-refractivity contribution in [1.82, 2.24) is 30.3 Å². The summed E-state index contributed by atoms with van der Waals surface area (Å²) in [6, 6.07) is 17.2. The summed E-state index contributed by atoms with van der Waals surface area (Å²) in [5.41, 5.74) is 2.59. The van der Waals surface area contributed by atoms with Crippen molar-refractivity contribution in [3.8, 4) is 5.69 Å². The molecule has 0 unspecified atom stereocenters. The van der Waals surface area contributed by atoms with Crippen molar-refractivity contribution in [2.24, 2.45) is 0 Å². The molecule has 0 saturated carbocycles. The monoisotopic (exact) mass is 521 g/mol. The Kier molecular flexibility index (Phi) is 7.80. The summed E-state index contributed by atoms with van der Waals surface area (Å²) in [4.78, 5) is 25.2. The van der Waals surface area contributed by atoms with E-state index in [2.05, 4.69) is 51.8 Å². The van der Waals surface area contributed by atoms with Gasteiger partial charge in [-0.05, 0) is 42.2 Å². The molecule has 36 heavy (non-hydrogen) atoms. The van der Waals surface area contributed by atoms with E-state index in [1.54, 1.807) is 0 Å². The molecular formula is C25H27N7O2S2. The van der Waals surface area contributed by atoms with Gasteiger partial charge < -0.3 is 5.32 Å². The highest BCUT2D eigenvalue weighted by atomic mass is 32.2. The molecule has 2 heterocycles. The minimum atomic E-state index is -0.215. The van der Waals surface area contributed by atoms with E-state index in [0.717, 1.165) is 16.3 Å². The van der Waals surface area contributed by atoms with Gasteiger partial charge in [-0.25, -0.2) is 0 Å². The van der Waals surface area contributed by atoms with Gasteiger partial charge in [0.15, 0.2) is 11.0 Å². The number of para-hydroxylation sites is 1. The van der Waals surface area contributed by atoms with Gasteiger partial charge in [0.1, 0.15) is 5.01 Å². The Morgan fingerprint density at radius 1 is 0.972 bits per heavy atom. The maximum absolute atomic E-state index is 12.8. The number of thioether (sulfide) groups is 1. The number of carbonyl (C=O) groups is 2. The molecule has 11 heteroatoms. The third kappa shape index (κ3) is 6.35. The second kappa shape index (κ2) is 11.0. The fourth-order valence-corrected chi connectivity index (χ4v) is 4.74. The van der Waals surface area contributed by atoms with Crippen LogP contribution < -0.4 is 10.6 Å². The van der Waals surface area contributed by atoms with Gasteiger partial charge >= 0.3 is 0 Å². The summed E-state index contributed by atoms with van der Waals surface area (Å²) in [5.74, 6) is 0.269. The molecule has 2 amide bonds. The lowest BCUT2D eigenvalue weighted by Crippen LogP contribution is -2.25. The molecule has 2 aromatic heterocycles. The predicted molar refractivity (Wildman–Crippen MR) is 142 cm³/mol. The lowest BCUT2D eigenvalue weighted by atomic mass is 9.87. The maximum Gasteiger partial charge on any atom is 0.251 e. The van der Waals surface area contributed by atoms with Crippen molar-refractivity contribution in [3.05, 3.63) is 76.6 Å². The van der Waals surface area contributed by atoms with Crippen LogP contribution in [-0.4, -0.2) is 42.5 Å². The SMILES string of the molecule is Cc1nnc(NC(=O)CSc2nnc(CNC(=O)c3ccc(C(C)(C)C)cc3)n2-c2ccccc2)s1. The van der Waals surface area contributed by atoms with Gasteiger partial charge in [-0.15, -0.1) is 20.4 Å². The normalized spacial score (nSPS) is 11.3. The molecule has 0 radical (unpaired) electrons. The van der Waals surface area contributed by atoms with E-state index >= 15 is 0 Å². The molecule has 0 spiro atoms. The fourth-order valence-electron chi connectivity index (χ4n) is 3.36. The number of carbonyl (C=O) groups excluding carboxylic acids is 2. The summed E-state index contributed by atoms with van der Waals surface area (Å²) in [5, 5.41) is 23.9. The van der Waals surface area contributed by atoms with Crippen molar-refractivity contribution in [2.75, 3.05) is 11.1 Å². The Balaban J connectivity index is 1.46. The summed E-state index contributed by atoms with van der Waals surface area (Å²) < 4.78 is 1.84. The summed E-state index contributed by atoms with van der Waals surface area (Å²) >= 11 is 2.57. The molecular weight excluding hydrogens is 494 g/mol. The molecule has 0 saturated heterocycles. The van der Waals surface area contributed by atoms with E-state index < -0.39 is 0 Å². The van der Waals surface area contributed by atoms with Crippen molar-refractivity contribution in [1.29, 1.82) is 0 Å². The first kappa shape index (κ1) is 25.5. The van der Waals surface area contributed by atoms with Crippen molar-refractivity contribution >= 4 is 40.0 Å². The zero-order chi connectivity index (χ0) is 25.7. The number of hydrogen-bond donors (Lipinski definition) is 2. The van der Waals surface area contributed by atoms with Gasteiger partial charge in [0, 0.05) is 11.3 Å². The molecule has 0 atom stereocenters. The quantitative estimate of drug-likeness (QED) is 0.331. The number of nitrogens with one attached hydrogen (secondary N) is 2. The number of nitrogens with zero attached hydrogens (tertiary/aromatic N) is 5. The van der Waals surface area contributed by atoms with E-state index in [1.165, 1.54) is 23.1 Å². The molecule has 0 fully saturated rings. The third-order valence-corrected chi connectivity index (χ3v) is 6.92. The lowest BCUT2D eigenvalue weighted by molar-refractivity contribution is -0.113. The molecule has 4 aromatic rings. The van der Waals surface area contributed by atoms with Crippen LogP contribution in [0.25, 0.3) is 5.69 Å². The van der Waals surface area contributed by atoms with E-state index in [4.69, 9.17) is 0 Å². The number of hydrogen-bond acceptors (Lipinski definition) is 8. The van der Waals surface area contributed by atoms with Gasteiger partial charge in [-0.3, -0.25) is 19.5 Å². The molecule has 0 aliphatic carbocycles. The first-order valence-electron chi connectivity index (χ1n) is 11.3.